The van der Waals surface area contributed by atoms with E-state index < -0.39 is 10.0 Å². The topological polar surface area (TPSA) is 89.4 Å². The average molecular weight is 418 g/mol. The van der Waals surface area contributed by atoms with E-state index in [1.165, 1.54) is 4.31 Å². The van der Waals surface area contributed by atoms with Crippen molar-refractivity contribution in [2.24, 2.45) is 0 Å². The SMILES string of the molecule is O=C(C[NH+]1CCN(S(=O)(=O)Cc2ccccc2)CC1)Nc1ccc2c(c1)OCO2. The second kappa shape index (κ2) is 8.40. The summed E-state index contributed by atoms with van der Waals surface area (Å²) in [5.41, 5.74) is 1.44. The molecule has 0 aliphatic carbocycles. The van der Waals surface area contributed by atoms with Gasteiger partial charge >= 0.3 is 0 Å². The van der Waals surface area contributed by atoms with E-state index in [0.717, 1.165) is 10.5 Å². The third kappa shape index (κ3) is 4.87. The van der Waals surface area contributed by atoms with E-state index >= 15 is 0 Å². The molecular formula is C20H24N3O5S+. The van der Waals surface area contributed by atoms with E-state index in [-0.39, 0.29) is 18.5 Å². The van der Waals surface area contributed by atoms with Crippen LogP contribution in [0.1, 0.15) is 5.56 Å². The first kappa shape index (κ1) is 19.7. The number of piperazine rings is 1. The molecule has 0 radical (unpaired) electrons. The predicted octanol–water partition coefficient (Wildman–Crippen LogP) is 0.0843. The van der Waals surface area contributed by atoms with E-state index in [2.05, 4.69) is 5.32 Å². The number of ether oxygens (including phenoxy) is 2. The summed E-state index contributed by atoms with van der Waals surface area (Å²) in [6.07, 6.45) is 0. The highest BCUT2D eigenvalue weighted by Crippen LogP contribution is 2.34. The summed E-state index contributed by atoms with van der Waals surface area (Å²) in [6, 6.07) is 14.5. The lowest BCUT2D eigenvalue weighted by Gasteiger charge is -2.31. The number of carbonyl (C=O) groups is 1. The average Bonchev–Trinajstić information content (AvgIpc) is 3.16. The monoisotopic (exact) mass is 418 g/mol. The molecule has 0 spiro atoms. The van der Waals surface area contributed by atoms with Crippen LogP contribution in [0.3, 0.4) is 0 Å². The smallest absolute Gasteiger partial charge is 0.279 e. The minimum atomic E-state index is -3.35. The molecule has 8 nitrogen and oxygen atoms in total. The fourth-order valence-corrected chi connectivity index (χ4v) is 5.08. The van der Waals surface area contributed by atoms with E-state index in [9.17, 15) is 13.2 Å². The third-order valence-corrected chi connectivity index (χ3v) is 6.93. The molecule has 2 heterocycles. The van der Waals surface area contributed by atoms with Gasteiger partial charge in [0.2, 0.25) is 16.8 Å². The zero-order valence-electron chi connectivity index (χ0n) is 16.0. The summed E-state index contributed by atoms with van der Waals surface area (Å²) in [4.78, 5) is 13.4. The number of hydrogen-bond donors (Lipinski definition) is 2. The van der Waals surface area contributed by atoms with Crippen LogP contribution in [0, 0.1) is 0 Å². The van der Waals surface area contributed by atoms with Gasteiger partial charge in [-0.15, -0.1) is 0 Å². The molecule has 2 aromatic carbocycles. The zero-order valence-corrected chi connectivity index (χ0v) is 16.8. The molecule has 1 fully saturated rings. The summed E-state index contributed by atoms with van der Waals surface area (Å²) in [5.74, 6) is 1.18. The van der Waals surface area contributed by atoms with Crippen LogP contribution in [0.5, 0.6) is 11.5 Å². The van der Waals surface area contributed by atoms with Crippen molar-refractivity contribution >= 4 is 21.6 Å². The van der Waals surface area contributed by atoms with Crippen molar-refractivity contribution < 1.29 is 27.6 Å². The van der Waals surface area contributed by atoms with Gasteiger partial charge in [0.25, 0.3) is 5.91 Å². The fourth-order valence-electron chi connectivity index (χ4n) is 3.54. The number of anilines is 1. The Balaban J connectivity index is 1.26. The van der Waals surface area contributed by atoms with Gasteiger partial charge in [-0.2, -0.15) is 4.31 Å². The molecule has 1 amide bonds. The molecule has 154 valence electrons. The van der Waals surface area contributed by atoms with Crippen LogP contribution in [0.15, 0.2) is 48.5 Å². The van der Waals surface area contributed by atoms with E-state index in [4.69, 9.17) is 9.47 Å². The Labute approximate surface area is 170 Å². The Morgan fingerprint density at radius 1 is 1.03 bits per heavy atom. The number of nitrogens with one attached hydrogen (secondary N) is 2. The van der Waals surface area contributed by atoms with Crippen LogP contribution >= 0.6 is 0 Å². The van der Waals surface area contributed by atoms with Crippen molar-refractivity contribution in [1.29, 1.82) is 0 Å². The van der Waals surface area contributed by atoms with Gasteiger partial charge in [0.05, 0.1) is 31.9 Å². The molecule has 2 N–H and O–H groups in total. The maximum absolute atomic E-state index is 12.6. The maximum atomic E-state index is 12.6. The summed E-state index contributed by atoms with van der Waals surface area (Å²) >= 11 is 0. The molecule has 0 bridgehead atoms. The van der Waals surface area contributed by atoms with Gasteiger partial charge in [0.1, 0.15) is 0 Å². The molecule has 2 aliphatic heterocycles. The number of nitrogens with zero attached hydrogens (tertiary/aromatic N) is 1. The normalized spacial score (nSPS) is 17.2. The van der Waals surface area contributed by atoms with E-state index in [1.54, 1.807) is 18.2 Å². The summed E-state index contributed by atoms with van der Waals surface area (Å²) in [5, 5.41) is 2.87. The Bertz CT molecular complexity index is 973. The fraction of sp³-hybridized carbons (Fsp3) is 0.350. The molecule has 4 rings (SSSR count). The van der Waals surface area contributed by atoms with Crippen molar-refractivity contribution in [2.45, 2.75) is 5.75 Å². The summed E-state index contributed by atoms with van der Waals surface area (Å²) in [6.45, 7) is 2.52. The lowest BCUT2D eigenvalue weighted by molar-refractivity contribution is -0.895. The van der Waals surface area contributed by atoms with Crippen molar-refractivity contribution in [3.8, 4) is 11.5 Å². The number of fused-ring (bicyclic) bond motifs is 1. The minimum absolute atomic E-state index is 0.00771. The second-order valence-electron chi connectivity index (χ2n) is 7.18. The third-order valence-electron chi connectivity index (χ3n) is 5.08. The number of hydrogen-bond acceptors (Lipinski definition) is 5. The van der Waals surface area contributed by atoms with Gasteiger partial charge in [-0.25, -0.2) is 8.42 Å². The Morgan fingerprint density at radius 3 is 2.52 bits per heavy atom. The van der Waals surface area contributed by atoms with Crippen LogP contribution < -0.4 is 19.7 Å². The van der Waals surface area contributed by atoms with Crippen molar-refractivity contribution in [3.63, 3.8) is 0 Å². The molecule has 0 saturated carbocycles. The number of carbonyl (C=O) groups excluding carboxylic acids is 1. The number of rotatable bonds is 6. The summed E-state index contributed by atoms with van der Waals surface area (Å²) in [7, 11) is -3.35. The van der Waals surface area contributed by atoms with Gasteiger partial charge in [-0.1, -0.05) is 30.3 Å². The van der Waals surface area contributed by atoms with Gasteiger partial charge in [-0.3, -0.25) is 4.79 Å². The standard InChI is InChI=1S/C20H23N3O5S/c24-20(21-17-6-7-18-19(12-17)28-15-27-18)13-22-8-10-23(11-9-22)29(25,26)14-16-4-2-1-3-5-16/h1-7,12H,8-11,13-15H2,(H,21,24)/p+1. The molecule has 1 saturated heterocycles. The van der Waals surface area contributed by atoms with E-state index in [0.29, 0.717) is 49.9 Å². The number of sulfonamides is 1. The van der Waals surface area contributed by atoms with Crippen LogP contribution in [0.2, 0.25) is 0 Å². The molecule has 0 unspecified atom stereocenters. The Hall–Kier alpha value is -2.62. The van der Waals surface area contributed by atoms with Crippen LogP contribution in [0.4, 0.5) is 5.69 Å². The Kier molecular flexibility index (Phi) is 5.70. The number of quaternary nitrogens is 1. The zero-order chi connectivity index (χ0) is 20.3. The van der Waals surface area contributed by atoms with Gasteiger partial charge in [0.15, 0.2) is 18.0 Å². The van der Waals surface area contributed by atoms with Gasteiger partial charge in [0, 0.05) is 11.8 Å². The van der Waals surface area contributed by atoms with Crippen LogP contribution in [-0.4, -0.2) is 58.1 Å². The highest BCUT2D eigenvalue weighted by Gasteiger charge is 2.30. The summed E-state index contributed by atoms with van der Waals surface area (Å²) < 4.78 is 37.4. The lowest BCUT2D eigenvalue weighted by Crippen LogP contribution is -3.15. The maximum Gasteiger partial charge on any atom is 0.279 e. The number of amides is 1. The highest BCUT2D eigenvalue weighted by molar-refractivity contribution is 7.88. The first-order valence-corrected chi connectivity index (χ1v) is 11.2. The van der Waals surface area contributed by atoms with Crippen molar-refractivity contribution in [2.75, 3.05) is 44.8 Å². The van der Waals surface area contributed by atoms with Crippen LogP contribution in [0.25, 0.3) is 0 Å². The van der Waals surface area contributed by atoms with Gasteiger partial charge in [-0.05, 0) is 17.7 Å². The Morgan fingerprint density at radius 2 is 1.76 bits per heavy atom. The molecular weight excluding hydrogens is 394 g/mol. The first-order valence-electron chi connectivity index (χ1n) is 9.54. The number of benzene rings is 2. The molecule has 0 aromatic heterocycles. The minimum Gasteiger partial charge on any atom is -0.454 e. The van der Waals surface area contributed by atoms with Crippen molar-refractivity contribution in [1.82, 2.24) is 4.31 Å². The quantitative estimate of drug-likeness (QED) is 0.694. The molecule has 9 heteroatoms. The van der Waals surface area contributed by atoms with Gasteiger partial charge < -0.3 is 19.7 Å². The molecule has 2 aromatic rings. The molecule has 2 aliphatic rings. The van der Waals surface area contributed by atoms with Crippen LogP contribution in [-0.2, 0) is 20.6 Å². The predicted molar refractivity (Wildman–Crippen MR) is 107 cm³/mol. The highest BCUT2D eigenvalue weighted by atomic mass is 32.2. The first-order chi connectivity index (χ1) is 14.0. The second-order valence-corrected chi connectivity index (χ2v) is 9.15. The van der Waals surface area contributed by atoms with Crippen molar-refractivity contribution in [3.05, 3.63) is 54.1 Å². The largest absolute Gasteiger partial charge is 0.454 e. The molecule has 0 atom stereocenters. The molecule has 29 heavy (non-hydrogen) atoms. The lowest BCUT2D eigenvalue weighted by atomic mass is 10.2. The van der Waals surface area contributed by atoms with E-state index in [1.807, 2.05) is 30.3 Å².